The van der Waals surface area contributed by atoms with Crippen LogP contribution >= 0.6 is 0 Å². The van der Waals surface area contributed by atoms with Crippen molar-refractivity contribution < 1.29 is 19.1 Å². The van der Waals surface area contributed by atoms with Crippen LogP contribution in [-0.4, -0.2) is 43.5 Å². The molecule has 1 fully saturated rings. The number of primary amides is 1. The molecular weight excluding hydrogens is 308 g/mol. The van der Waals surface area contributed by atoms with Crippen LogP contribution in [0.5, 0.6) is 11.5 Å². The Balaban J connectivity index is 2.03. The first kappa shape index (κ1) is 18.1. The van der Waals surface area contributed by atoms with Crippen molar-refractivity contribution >= 4 is 11.8 Å². The summed E-state index contributed by atoms with van der Waals surface area (Å²) in [6.45, 7) is 2.44. The van der Waals surface area contributed by atoms with E-state index < -0.39 is 0 Å². The van der Waals surface area contributed by atoms with Crippen molar-refractivity contribution in [1.29, 1.82) is 0 Å². The number of hydrogen-bond donors (Lipinski definition) is 1. The average molecular weight is 334 g/mol. The number of nitrogens with zero attached hydrogens (tertiary/aromatic N) is 1. The van der Waals surface area contributed by atoms with Gasteiger partial charge in [-0.1, -0.05) is 12.1 Å². The lowest BCUT2D eigenvalue weighted by Gasteiger charge is -2.37. The molecule has 0 radical (unpaired) electrons. The largest absolute Gasteiger partial charge is 0.493 e. The molecule has 1 aliphatic heterocycles. The van der Waals surface area contributed by atoms with Crippen molar-refractivity contribution in [3.8, 4) is 11.5 Å². The summed E-state index contributed by atoms with van der Waals surface area (Å²) in [6.07, 6.45) is 2.48. The number of para-hydroxylation sites is 1. The first-order valence-electron chi connectivity index (χ1n) is 8.26. The van der Waals surface area contributed by atoms with E-state index in [1.807, 2.05) is 25.1 Å². The zero-order valence-corrected chi connectivity index (χ0v) is 14.6. The molecule has 2 N–H and O–H groups in total. The van der Waals surface area contributed by atoms with E-state index in [2.05, 4.69) is 0 Å². The zero-order valence-electron chi connectivity index (χ0n) is 14.6. The van der Waals surface area contributed by atoms with Crippen LogP contribution in [0.15, 0.2) is 18.2 Å². The average Bonchev–Trinajstić information content (AvgIpc) is 2.59. The number of hydrogen-bond acceptors (Lipinski definition) is 4. The number of carbonyl (C=O) groups excluding carboxylic acids is 2. The van der Waals surface area contributed by atoms with E-state index in [9.17, 15) is 9.59 Å². The summed E-state index contributed by atoms with van der Waals surface area (Å²) in [5.74, 6) is 0.793. The maximum atomic E-state index is 12.6. The molecule has 6 nitrogen and oxygen atoms in total. The van der Waals surface area contributed by atoms with E-state index >= 15 is 0 Å². The van der Waals surface area contributed by atoms with Crippen molar-refractivity contribution in [1.82, 2.24) is 4.90 Å². The van der Waals surface area contributed by atoms with Crippen LogP contribution in [0.2, 0.25) is 0 Å². The molecule has 24 heavy (non-hydrogen) atoms. The van der Waals surface area contributed by atoms with Crippen LogP contribution < -0.4 is 15.2 Å². The molecule has 1 aromatic rings. The van der Waals surface area contributed by atoms with Gasteiger partial charge in [0.2, 0.25) is 11.8 Å². The van der Waals surface area contributed by atoms with E-state index in [4.69, 9.17) is 15.2 Å². The van der Waals surface area contributed by atoms with Crippen LogP contribution in [-0.2, 0) is 16.0 Å². The van der Waals surface area contributed by atoms with E-state index in [1.165, 1.54) is 0 Å². The SMILES string of the molecule is COc1cccc(CCC(=O)N2C[C@@H](C(N)=O)CC[C@@H]2C)c1OC. The van der Waals surface area contributed by atoms with Crippen LogP contribution in [0.4, 0.5) is 0 Å². The second kappa shape index (κ2) is 8.04. The van der Waals surface area contributed by atoms with Gasteiger partial charge in [0.25, 0.3) is 0 Å². The van der Waals surface area contributed by atoms with Gasteiger partial charge in [0.05, 0.1) is 20.1 Å². The monoisotopic (exact) mass is 334 g/mol. The Morgan fingerprint density at radius 2 is 2.00 bits per heavy atom. The van der Waals surface area contributed by atoms with Gasteiger partial charge < -0.3 is 20.1 Å². The molecule has 132 valence electrons. The summed E-state index contributed by atoms with van der Waals surface area (Å²) in [4.78, 5) is 25.8. The topological polar surface area (TPSA) is 81.9 Å². The molecule has 0 spiro atoms. The molecule has 0 aromatic heterocycles. The van der Waals surface area contributed by atoms with Gasteiger partial charge in [-0.2, -0.15) is 0 Å². The summed E-state index contributed by atoms with van der Waals surface area (Å²) in [7, 11) is 3.18. The molecule has 2 rings (SSSR count). The van der Waals surface area contributed by atoms with Crippen molar-refractivity contribution in [2.75, 3.05) is 20.8 Å². The van der Waals surface area contributed by atoms with E-state index in [1.54, 1.807) is 19.1 Å². The fourth-order valence-electron chi connectivity index (χ4n) is 3.22. The zero-order chi connectivity index (χ0) is 17.7. The fraction of sp³-hybridized carbons (Fsp3) is 0.556. The maximum Gasteiger partial charge on any atom is 0.223 e. The first-order chi connectivity index (χ1) is 11.5. The third-order valence-electron chi connectivity index (χ3n) is 4.70. The van der Waals surface area contributed by atoms with Crippen LogP contribution in [0, 0.1) is 5.92 Å². The number of likely N-dealkylation sites (tertiary alicyclic amines) is 1. The fourth-order valence-corrected chi connectivity index (χ4v) is 3.22. The van der Waals surface area contributed by atoms with Crippen molar-refractivity contribution in [2.24, 2.45) is 11.7 Å². The Kier molecular flexibility index (Phi) is 6.06. The summed E-state index contributed by atoms with van der Waals surface area (Å²) in [5.41, 5.74) is 6.33. The molecule has 0 aliphatic carbocycles. The van der Waals surface area contributed by atoms with Gasteiger partial charge >= 0.3 is 0 Å². The predicted molar refractivity (Wildman–Crippen MR) is 91.0 cm³/mol. The lowest BCUT2D eigenvalue weighted by molar-refractivity contribution is -0.137. The molecule has 0 unspecified atom stereocenters. The number of methoxy groups -OCH3 is 2. The molecule has 6 heteroatoms. The number of carbonyl (C=O) groups is 2. The highest BCUT2D eigenvalue weighted by Gasteiger charge is 2.31. The molecule has 1 saturated heterocycles. The number of aryl methyl sites for hydroxylation is 1. The van der Waals surface area contributed by atoms with Gasteiger partial charge in [-0.05, 0) is 37.8 Å². The maximum absolute atomic E-state index is 12.6. The molecule has 1 aliphatic rings. The molecule has 0 bridgehead atoms. The predicted octanol–water partition coefficient (Wildman–Crippen LogP) is 1.75. The highest BCUT2D eigenvalue weighted by Crippen LogP contribution is 2.32. The van der Waals surface area contributed by atoms with Gasteiger partial charge in [0, 0.05) is 19.0 Å². The normalized spacial score (nSPS) is 20.5. The molecular formula is C18H26N2O4. The standard InChI is InChI=1S/C18H26N2O4/c1-12-7-8-14(18(19)22)11-20(12)16(21)10-9-13-5-4-6-15(23-2)17(13)24-3/h4-6,12,14H,7-11H2,1-3H3,(H2,19,22)/t12-,14-/m0/s1. The summed E-state index contributed by atoms with van der Waals surface area (Å²) in [5, 5.41) is 0. The summed E-state index contributed by atoms with van der Waals surface area (Å²) < 4.78 is 10.7. The summed E-state index contributed by atoms with van der Waals surface area (Å²) >= 11 is 0. The molecule has 1 aromatic carbocycles. The molecule has 0 saturated carbocycles. The first-order valence-corrected chi connectivity index (χ1v) is 8.26. The van der Waals surface area contributed by atoms with Crippen molar-refractivity contribution in [2.45, 2.75) is 38.6 Å². The van der Waals surface area contributed by atoms with E-state index in [0.717, 1.165) is 18.4 Å². The third kappa shape index (κ3) is 3.99. The molecule has 2 atom stereocenters. The minimum absolute atomic E-state index is 0.0401. The summed E-state index contributed by atoms with van der Waals surface area (Å²) in [6, 6.07) is 5.78. The van der Waals surface area contributed by atoms with Gasteiger partial charge in [-0.3, -0.25) is 9.59 Å². The van der Waals surface area contributed by atoms with E-state index in [0.29, 0.717) is 30.9 Å². The smallest absolute Gasteiger partial charge is 0.223 e. The number of amides is 2. The number of piperidine rings is 1. The third-order valence-corrected chi connectivity index (χ3v) is 4.70. The van der Waals surface area contributed by atoms with Gasteiger partial charge in [0.1, 0.15) is 0 Å². The number of nitrogens with two attached hydrogens (primary N) is 1. The quantitative estimate of drug-likeness (QED) is 0.859. The Bertz CT molecular complexity index is 603. The number of ether oxygens (including phenoxy) is 2. The Morgan fingerprint density at radius 3 is 2.62 bits per heavy atom. The highest BCUT2D eigenvalue weighted by atomic mass is 16.5. The highest BCUT2D eigenvalue weighted by molar-refractivity contribution is 5.80. The van der Waals surface area contributed by atoms with Gasteiger partial charge in [0.15, 0.2) is 11.5 Å². The lowest BCUT2D eigenvalue weighted by Crippen LogP contribution is -2.48. The molecule has 2 amide bonds. The minimum Gasteiger partial charge on any atom is -0.493 e. The number of benzene rings is 1. The number of rotatable bonds is 6. The Morgan fingerprint density at radius 1 is 1.25 bits per heavy atom. The second-order valence-electron chi connectivity index (χ2n) is 6.22. The molecule has 1 heterocycles. The Hall–Kier alpha value is -2.24. The second-order valence-corrected chi connectivity index (χ2v) is 6.22. The van der Waals surface area contributed by atoms with Gasteiger partial charge in [-0.25, -0.2) is 0 Å². The van der Waals surface area contributed by atoms with E-state index in [-0.39, 0.29) is 23.8 Å². The van der Waals surface area contributed by atoms with Crippen LogP contribution in [0.3, 0.4) is 0 Å². The lowest BCUT2D eigenvalue weighted by atomic mass is 9.92. The Labute approximate surface area is 142 Å². The minimum atomic E-state index is -0.325. The van der Waals surface area contributed by atoms with Crippen LogP contribution in [0.1, 0.15) is 31.7 Å². The van der Waals surface area contributed by atoms with Crippen molar-refractivity contribution in [3.63, 3.8) is 0 Å². The van der Waals surface area contributed by atoms with Crippen molar-refractivity contribution in [3.05, 3.63) is 23.8 Å². The van der Waals surface area contributed by atoms with Crippen LogP contribution in [0.25, 0.3) is 0 Å². The van der Waals surface area contributed by atoms with Gasteiger partial charge in [-0.15, -0.1) is 0 Å².